The molecule has 0 aliphatic carbocycles. The first-order chi connectivity index (χ1) is 7.23. The zero-order valence-electron chi connectivity index (χ0n) is 8.38. The highest BCUT2D eigenvalue weighted by atomic mass is 19.4. The van der Waals surface area contributed by atoms with Crippen molar-refractivity contribution >= 4 is 5.78 Å². The first-order valence-corrected chi connectivity index (χ1v) is 4.43. The molecule has 16 heavy (non-hydrogen) atoms. The number of alkyl halides is 3. The van der Waals surface area contributed by atoms with Gasteiger partial charge in [0.15, 0.2) is 5.78 Å². The lowest BCUT2D eigenvalue weighted by Crippen LogP contribution is -2.27. The lowest BCUT2D eigenvalue weighted by Gasteiger charge is -2.11. The third-order valence-corrected chi connectivity index (χ3v) is 2.00. The van der Waals surface area contributed by atoms with Gasteiger partial charge in [-0.3, -0.25) is 4.79 Å². The Morgan fingerprint density at radius 1 is 1.44 bits per heavy atom. The molecular formula is C10H10F3NO2. The summed E-state index contributed by atoms with van der Waals surface area (Å²) in [5.41, 5.74) is 3.85. The Morgan fingerprint density at radius 2 is 2.00 bits per heavy atom. The topological polar surface area (TPSA) is 63.3 Å². The summed E-state index contributed by atoms with van der Waals surface area (Å²) in [6, 6.07) is 1.17. The van der Waals surface area contributed by atoms with Gasteiger partial charge in [0.1, 0.15) is 5.75 Å². The number of hydrogen-bond acceptors (Lipinski definition) is 3. The van der Waals surface area contributed by atoms with Gasteiger partial charge in [-0.15, -0.1) is 0 Å². The molecule has 0 spiro atoms. The van der Waals surface area contributed by atoms with Crippen LogP contribution in [-0.4, -0.2) is 16.9 Å². The molecule has 1 unspecified atom stereocenters. The number of carbonyl (C=O) groups is 1. The molecule has 0 aliphatic heterocycles. The third kappa shape index (κ3) is 2.52. The molecule has 0 aliphatic rings. The zero-order chi connectivity index (χ0) is 12.5. The van der Waals surface area contributed by atoms with Crippen LogP contribution in [0.4, 0.5) is 13.2 Å². The summed E-state index contributed by atoms with van der Waals surface area (Å²) in [5.74, 6) is -1.24. The van der Waals surface area contributed by atoms with E-state index in [2.05, 4.69) is 0 Å². The zero-order valence-corrected chi connectivity index (χ0v) is 8.38. The normalized spacial score (nSPS) is 13.6. The van der Waals surface area contributed by atoms with Gasteiger partial charge in [-0.2, -0.15) is 13.2 Å². The van der Waals surface area contributed by atoms with Crippen LogP contribution in [0.2, 0.25) is 0 Å². The summed E-state index contributed by atoms with van der Waals surface area (Å²) in [6.45, 7) is 1.34. The van der Waals surface area contributed by atoms with Crippen molar-refractivity contribution in [1.82, 2.24) is 0 Å². The highest BCUT2D eigenvalue weighted by Gasteiger charge is 2.32. The van der Waals surface area contributed by atoms with E-state index in [-0.39, 0.29) is 0 Å². The number of halogens is 3. The average molecular weight is 233 g/mol. The first-order valence-electron chi connectivity index (χ1n) is 4.43. The quantitative estimate of drug-likeness (QED) is 0.767. The van der Waals surface area contributed by atoms with Crippen molar-refractivity contribution in [3.8, 4) is 5.75 Å². The molecule has 3 N–H and O–H groups in total. The van der Waals surface area contributed by atoms with E-state index >= 15 is 0 Å². The second-order valence-corrected chi connectivity index (χ2v) is 3.38. The second kappa shape index (κ2) is 4.13. The molecule has 0 saturated heterocycles. The fourth-order valence-electron chi connectivity index (χ4n) is 1.16. The van der Waals surface area contributed by atoms with Crippen LogP contribution in [0.3, 0.4) is 0 Å². The maximum atomic E-state index is 12.3. The molecule has 0 heterocycles. The first kappa shape index (κ1) is 12.5. The van der Waals surface area contributed by atoms with Gasteiger partial charge in [0.05, 0.1) is 17.2 Å². The van der Waals surface area contributed by atoms with E-state index in [1.807, 2.05) is 0 Å². The van der Waals surface area contributed by atoms with E-state index in [4.69, 9.17) is 5.73 Å². The van der Waals surface area contributed by atoms with Crippen LogP contribution in [0.25, 0.3) is 0 Å². The van der Waals surface area contributed by atoms with Crippen LogP contribution in [0.15, 0.2) is 18.2 Å². The molecule has 1 atom stereocenters. The molecule has 0 saturated carbocycles. The summed E-state index contributed by atoms with van der Waals surface area (Å²) >= 11 is 0. The number of hydrogen-bond donors (Lipinski definition) is 2. The molecule has 0 bridgehead atoms. The minimum atomic E-state index is -4.55. The van der Waals surface area contributed by atoms with E-state index < -0.39 is 34.9 Å². The fraction of sp³-hybridized carbons (Fsp3) is 0.300. The van der Waals surface area contributed by atoms with Crippen molar-refractivity contribution in [2.75, 3.05) is 0 Å². The SMILES string of the molecule is CC(N)C(=O)c1cc(C(F)(F)F)ccc1O. The number of aromatic hydroxyl groups is 1. The lowest BCUT2D eigenvalue weighted by atomic mass is 10.0. The van der Waals surface area contributed by atoms with Gasteiger partial charge in [0.25, 0.3) is 0 Å². The van der Waals surface area contributed by atoms with Crippen molar-refractivity contribution < 1.29 is 23.1 Å². The van der Waals surface area contributed by atoms with Gasteiger partial charge in [-0.25, -0.2) is 0 Å². The van der Waals surface area contributed by atoms with Gasteiger partial charge in [-0.05, 0) is 25.1 Å². The number of nitrogens with two attached hydrogens (primary N) is 1. The predicted molar refractivity (Wildman–Crippen MR) is 51.1 cm³/mol. The van der Waals surface area contributed by atoms with E-state index in [0.29, 0.717) is 12.1 Å². The minimum Gasteiger partial charge on any atom is -0.507 e. The van der Waals surface area contributed by atoms with Crippen molar-refractivity contribution in [1.29, 1.82) is 0 Å². The van der Waals surface area contributed by atoms with Gasteiger partial charge in [0.2, 0.25) is 0 Å². The molecule has 0 amide bonds. The minimum absolute atomic E-state index is 0.412. The largest absolute Gasteiger partial charge is 0.507 e. The Bertz CT molecular complexity index is 413. The maximum Gasteiger partial charge on any atom is 0.416 e. The third-order valence-electron chi connectivity index (χ3n) is 2.00. The predicted octanol–water partition coefficient (Wildman–Crippen LogP) is 1.94. The number of rotatable bonds is 2. The summed E-state index contributed by atoms with van der Waals surface area (Å²) in [7, 11) is 0. The molecular weight excluding hydrogens is 223 g/mol. The van der Waals surface area contributed by atoms with Crippen LogP contribution in [0.1, 0.15) is 22.8 Å². The fourth-order valence-corrected chi connectivity index (χ4v) is 1.16. The Balaban J connectivity index is 3.25. The Morgan fingerprint density at radius 3 is 2.44 bits per heavy atom. The summed E-state index contributed by atoms with van der Waals surface area (Å²) in [5, 5.41) is 9.28. The Kier molecular flexibility index (Phi) is 3.23. The highest BCUT2D eigenvalue weighted by Crippen LogP contribution is 2.32. The monoisotopic (exact) mass is 233 g/mol. The van der Waals surface area contributed by atoms with Crippen molar-refractivity contribution in [3.05, 3.63) is 29.3 Å². The highest BCUT2D eigenvalue weighted by molar-refractivity contribution is 6.02. The molecule has 6 heteroatoms. The molecule has 1 aromatic carbocycles. The van der Waals surface area contributed by atoms with Gasteiger partial charge >= 0.3 is 6.18 Å². The van der Waals surface area contributed by atoms with Crippen LogP contribution in [-0.2, 0) is 6.18 Å². The Labute approximate surface area is 89.7 Å². The van der Waals surface area contributed by atoms with Crippen LogP contribution in [0, 0.1) is 0 Å². The number of phenolic OH excluding ortho intramolecular Hbond substituents is 1. The van der Waals surface area contributed by atoms with Crippen molar-refractivity contribution in [3.63, 3.8) is 0 Å². The average Bonchev–Trinajstić information content (AvgIpc) is 2.15. The standard InChI is InChI=1S/C10H10F3NO2/c1-5(14)9(16)7-4-6(10(11,12)13)2-3-8(7)15/h2-5,15H,14H2,1H3. The summed E-state index contributed by atoms with van der Waals surface area (Å²) < 4.78 is 37.0. The maximum absolute atomic E-state index is 12.3. The smallest absolute Gasteiger partial charge is 0.416 e. The van der Waals surface area contributed by atoms with Gasteiger partial charge in [0, 0.05) is 0 Å². The molecule has 1 rings (SSSR count). The molecule has 0 fully saturated rings. The number of phenols is 1. The number of benzene rings is 1. The number of carbonyl (C=O) groups excluding carboxylic acids is 1. The molecule has 0 radical (unpaired) electrons. The van der Waals surface area contributed by atoms with E-state index in [0.717, 1.165) is 6.07 Å². The van der Waals surface area contributed by atoms with Crippen molar-refractivity contribution in [2.45, 2.75) is 19.1 Å². The summed E-state index contributed by atoms with van der Waals surface area (Å²) in [6.07, 6.45) is -4.55. The van der Waals surface area contributed by atoms with E-state index in [9.17, 15) is 23.1 Å². The second-order valence-electron chi connectivity index (χ2n) is 3.38. The summed E-state index contributed by atoms with van der Waals surface area (Å²) in [4.78, 5) is 11.4. The molecule has 3 nitrogen and oxygen atoms in total. The lowest BCUT2D eigenvalue weighted by molar-refractivity contribution is -0.137. The van der Waals surface area contributed by atoms with Crippen molar-refractivity contribution in [2.24, 2.45) is 5.73 Å². The number of Topliss-reactive ketones (excluding diaryl/α,β-unsaturated/α-hetero) is 1. The van der Waals surface area contributed by atoms with Gasteiger partial charge in [-0.1, -0.05) is 0 Å². The van der Waals surface area contributed by atoms with Crippen LogP contribution < -0.4 is 5.73 Å². The molecule has 88 valence electrons. The van der Waals surface area contributed by atoms with Gasteiger partial charge < -0.3 is 10.8 Å². The van der Waals surface area contributed by atoms with E-state index in [1.54, 1.807) is 0 Å². The molecule has 0 aromatic heterocycles. The van der Waals surface area contributed by atoms with Crippen LogP contribution >= 0.6 is 0 Å². The van der Waals surface area contributed by atoms with Crippen LogP contribution in [0.5, 0.6) is 5.75 Å². The number of ketones is 1. The molecule has 1 aromatic rings. The van der Waals surface area contributed by atoms with E-state index in [1.165, 1.54) is 6.92 Å². The Hall–Kier alpha value is -1.56.